The molecule has 5 rings (SSSR count). The van der Waals surface area contributed by atoms with E-state index < -0.39 is 41.0 Å². The van der Waals surface area contributed by atoms with E-state index in [0.717, 1.165) is 32.5 Å². The van der Waals surface area contributed by atoms with Crippen LogP contribution in [0.5, 0.6) is 5.75 Å². The van der Waals surface area contributed by atoms with Crippen LogP contribution in [0, 0.1) is 11.3 Å². The highest BCUT2D eigenvalue weighted by Crippen LogP contribution is 2.46. The highest BCUT2D eigenvalue weighted by molar-refractivity contribution is 6.00. The number of carbonyl (C=O) groups excluding carboxylic acids is 3. The summed E-state index contributed by atoms with van der Waals surface area (Å²) < 4.78 is 36.0. The molecule has 9 nitrogen and oxygen atoms in total. The molecule has 1 aliphatic carbocycles. The molecule has 0 aromatic heterocycles. The van der Waals surface area contributed by atoms with E-state index in [1.54, 1.807) is 23.1 Å². The Bertz CT molecular complexity index is 1230. The van der Waals surface area contributed by atoms with Gasteiger partial charge in [-0.25, -0.2) is 0 Å². The van der Waals surface area contributed by atoms with E-state index in [9.17, 15) is 19.5 Å². The molecule has 3 saturated heterocycles. The number of hydrogen-bond acceptors (Lipinski definition) is 7. The fraction of sp³-hybridized carbons (Fsp3) is 0.567. The third kappa shape index (κ3) is 6.37. The van der Waals surface area contributed by atoms with Crippen LogP contribution < -0.4 is 15.4 Å². The molecule has 0 bridgehead atoms. The van der Waals surface area contributed by atoms with Crippen LogP contribution in [-0.4, -0.2) is 84.2 Å². The van der Waals surface area contributed by atoms with Crippen LogP contribution in [0.15, 0.2) is 48.1 Å². The van der Waals surface area contributed by atoms with Crippen molar-refractivity contribution in [3.63, 3.8) is 0 Å². The summed E-state index contributed by atoms with van der Waals surface area (Å²) in [6.07, 6.45) is 8.49. The molecular weight excluding hydrogens is 534 g/mol. The Morgan fingerprint density at radius 2 is 2.02 bits per heavy atom. The molecule has 4 aliphatic rings. The topological polar surface area (TPSA) is 111 Å². The monoisotopic (exact) mass is 572 g/mol. The minimum Gasteiger partial charge on any atom is -0.492 e. The molecule has 1 aromatic rings. The predicted octanol–water partition coefficient (Wildman–Crippen LogP) is 2.32. The molecule has 0 radical (unpaired) electrons. The first-order valence-corrected chi connectivity index (χ1v) is 14.4. The summed E-state index contributed by atoms with van der Waals surface area (Å²) in [6, 6.07) is 4.87. The smallest absolute Gasteiger partial charge is 0.349 e. The SMILES string of the molecule is CC12C=C(CNC(=O)C(F)(F)c3cccc(OCCN4CCCCC4)c3)C=CC1C(O)N(C1CCC(=O)NC1=O)C2. The molecule has 4 atom stereocenters. The summed E-state index contributed by atoms with van der Waals surface area (Å²) in [4.78, 5) is 40.6. The van der Waals surface area contributed by atoms with E-state index in [1.807, 2.05) is 13.0 Å². The summed E-state index contributed by atoms with van der Waals surface area (Å²) in [5.74, 6) is -5.96. The molecule has 3 amide bonds. The van der Waals surface area contributed by atoms with Crippen LogP contribution >= 0.6 is 0 Å². The van der Waals surface area contributed by atoms with Gasteiger partial charge in [0.15, 0.2) is 0 Å². The van der Waals surface area contributed by atoms with Crippen LogP contribution in [0.3, 0.4) is 0 Å². The third-order valence-electron chi connectivity index (χ3n) is 8.65. The molecular formula is C30H38F2N4O5. The zero-order chi connectivity index (χ0) is 29.2. The first kappa shape index (κ1) is 29.3. The maximum atomic E-state index is 15.1. The van der Waals surface area contributed by atoms with Crippen molar-refractivity contribution < 1.29 is 33.0 Å². The first-order valence-electron chi connectivity index (χ1n) is 14.4. The van der Waals surface area contributed by atoms with Gasteiger partial charge in [-0.15, -0.1) is 0 Å². The number of hydrogen-bond donors (Lipinski definition) is 3. The number of benzene rings is 1. The van der Waals surface area contributed by atoms with Crippen LogP contribution in [0.2, 0.25) is 0 Å². The lowest BCUT2D eigenvalue weighted by molar-refractivity contribution is -0.146. The maximum Gasteiger partial charge on any atom is 0.349 e. The maximum absolute atomic E-state index is 15.1. The zero-order valence-electron chi connectivity index (χ0n) is 23.3. The number of alkyl halides is 2. The molecule has 3 heterocycles. The average molecular weight is 573 g/mol. The van der Waals surface area contributed by atoms with Crippen molar-refractivity contribution in [3.8, 4) is 5.75 Å². The Morgan fingerprint density at radius 1 is 1.24 bits per heavy atom. The average Bonchev–Trinajstić information content (AvgIpc) is 3.21. The molecule has 222 valence electrons. The number of imide groups is 1. The van der Waals surface area contributed by atoms with Gasteiger partial charge in [-0.2, -0.15) is 8.78 Å². The molecule has 4 unspecified atom stereocenters. The normalized spacial score (nSPS) is 29.1. The number of halogens is 2. The molecule has 3 fully saturated rings. The van der Waals surface area contributed by atoms with E-state index in [1.165, 1.54) is 24.6 Å². The van der Waals surface area contributed by atoms with Gasteiger partial charge in [0.25, 0.3) is 5.91 Å². The van der Waals surface area contributed by atoms with Crippen molar-refractivity contribution in [2.75, 3.05) is 39.3 Å². The molecule has 1 aromatic carbocycles. The Kier molecular flexibility index (Phi) is 8.58. The minimum absolute atomic E-state index is 0.117. The minimum atomic E-state index is -3.76. The molecule has 11 heteroatoms. The first-order chi connectivity index (χ1) is 19.6. The predicted molar refractivity (Wildman–Crippen MR) is 147 cm³/mol. The highest BCUT2D eigenvalue weighted by Gasteiger charge is 2.52. The summed E-state index contributed by atoms with van der Waals surface area (Å²) >= 11 is 0. The zero-order valence-corrected chi connectivity index (χ0v) is 23.3. The Labute approximate surface area is 238 Å². The van der Waals surface area contributed by atoms with Crippen LogP contribution in [0.1, 0.15) is 44.6 Å². The Hall–Kier alpha value is -3.15. The highest BCUT2D eigenvalue weighted by atomic mass is 19.3. The molecule has 3 aliphatic heterocycles. The molecule has 0 saturated carbocycles. The number of nitrogens with one attached hydrogen (secondary N) is 2. The summed E-state index contributed by atoms with van der Waals surface area (Å²) in [5.41, 5.74) is -0.400. The molecule has 3 N–H and O–H groups in total. The van der Waals surface area contributed by atoms with Gasteiger partial charge in [0.1, 0.15) is 18.6 Å². The van der Waals surface area contributed by atoms with Crippen molar-refractivity contribution in [1.29, 1.82) is 0 Å². The fourth-order valence-electron chi connectivity index (χ4n) is 6.38. The number of ether oxygens (including phenoxy) is 1. The number of carbonyl (C=O) groups is 3. The van der Waals surface area contributed by atoms with Crippen molar-refractivity contribution in [2.45, 2.75) is 57.2 Å². The molecule has 41 heavy (non-hydrogen) atoms. The van der Waals surface area contributed by atoms with E-state index in [0.29, 0.717) is 30.9 Å². The van der Waals surface area contributed by atoms with E-state index in [4.69, 9.17) is 4.74 Å². The van der Waals surface area contributed by atoms with E-state index in [-0.39, 0.29) is 24.8 Å². The number of amides is 3. The van der Waals surface area contributed by atoms with Crippen molar-refractivity contribution >= 4 is 17.7 Å². The number of fused-ring (bicyclic) bond motifs is 1. The van der Waals surface area contributed by atoms with E-state index in [2.05, 4.69) is 15.5 Å². The van der Waals surface area contributed by atoms with Crippen LogP contribution in [0.4, 0.5) is 8.78 Å². The van der Waals surface area contributed by atoms with Gasteiger partial charge in [-0.05, 0) is 50.1 Å². The number of rotatable bonds is 9. The largest absolute Gasteiger partial charge is 0.492 e. The Balaban J connectivity index is 1.17. The summed E-state index contributed by atoms with van der Waals surface area (Å²) in [5, 5.41) is 15.6. The van der Waals surface area contributed by atoms with Crippen LogP contribution in [0.25, 0.3) is 0 Å². The fourth-order valence-corrected chi connectivity index (χ4v) is 6.38. The van der Waals surface area contributed by atoms with Gasteiger partial charge in [0.2, 0.25) is 11.8 Å². The lowest BCUT2D eigenvalue weighted by Gasteiger charge is -2.32. The summed E-state index contributed by atoms with van der Waals surface area (Å²) in [7, 11) is 0. The number of piperidine rings is 2. The lowest BCUT2D eigenvalue weighted by atomic mass is 9.74. The van der Waals surface area contributed by atoms with Gasteiger partial charge in [-0.1, -0.05) is 43.7 Å². The van der Waals surface area contributed by atoms with Crippen molar-refractivity contribution in [2.24, 2.45) is 11.3 Å². The number of aliphatic hydroxyl groups is 1. The number of likely N-dealkylation sites (tertiary alicyclic amines) is 2. The second kappa shape index (κ2) is 12.0. The van der Waals surface area contributed by atoms with Gasteiger partial charge in [0, 0.05) is 43.0 Å². The lowest BCUT2D eigenvalue weighted by Crippen LogP contribution is -2.54. The number of aliphatic hydroxyl groups excluding tert-OH is 1. The molecule has 0 spiro atoms. The standard InChI is InChI=1S/C30H38F2N4O5/c1-29-17-20(8-9-23(29)27(39)36(19-29)24-10-11-25(37)34-26(24)38)18-33-28(40)30(31,32)21-6-5-7-22(16-21)41-15-14-35-12-3-2-4-13-35/h5-9,16-17,23-24,27,39H,2-4,10-15,18-19H2,1H3,(H,33,40)(H,34,37,38). The second-order valence-corrected chi connectivity index (χ2v) is 11.7. The number of nitrogens with zero attached hydrogens (tertiary/aromatic N) is 2. The second-order valence-electron chi connectivity index (χ2n) is 11.7. The summed E-state index contributed by atoms with van der Waals surface area (Å²) in [6.45, 7) is 5.30. The van der Waals surface area contributed by atoms with Gasteiger partial charge < -0.3 is 15.2 Å². The van der Waals surface area contributed by atoms with Crippen LogP contribution in [-0.2, 0) is 20.3 Å². The van der Waals surface area contributed by atoms with Gasteiger partial charge >= 0.3 is 5.92 Å². The Morgan fingerprint density at radius 3 is 2.78 bits per heavy atom. The van der Waals surface area contributed by atoms with Gasteiger partial charge in [-0.3, -0.25) is 29.5 Å². The van der Waals surface area contributed by atoms with Crippen molar-refractivity contribution in [1.82, 2.24) is 20.4 Å². The quantitative estimate of drug-likeness (QED) is 0.390. The van der Waals surface area contributed by atoms with Crippen molar-refractivity contribution in [3.05, 3.63) is 53.6 Å². The van der Waals surface area contributed by atoms with E-state index >= 15 is 8.78 Å². The van der Waals surface area contributed by atoms with Gasteiger partial charge in [0.05, 0.1) is 6.04 Å². The third-order valence-corrected chi connectivity index (χ3v) is 8.65.